The molecule has 20 heavy (non-hydrogen) atoms. The number of aromatic hydroxyl groups is 1. The predicted octanol–water partition coefficient (Wildman–Crippen LogP) is 2.60. The number of nitrogens with zero attached hydrogens (tertiary/aromatic N) is 1. The molecule has 0 unspecified atom stereocenters. The average Bonchev–Trinajstić information content (AvgIpc) is 2.95. The van der Waals surface area contributed by atoms with Crippen LogP contribution >= 0.6 is 22.6 Å². The zero-order chi connectivity index (χ0) is 14.5. The van der Waals surface area contributed by atoms with Crippen molar-refractivity contribution >= 4 is 28.5 Å². The van der Waals surface area contributed by atoms with Gasteiger partial charge in [-0.25, -0.2) is 0 Å². The molecular weight excluding hydrogens is 367 g/mol. The molecule has 2 N–H and O–H groups in total. The summed E-state index contributed by atoms with van der Waals surface area (Å²) in [6, 6.07) is 5.67. The quantitative estimate of drug-likeness (QED) is 0.763. The maximum Gasteiger partial charge on any atom is 0.251 e. The zero-order valence-corrected chi connectivity index (χ0v) is 13.9. The van der Waals surface area contributed by atoms with Crippen molar-refractivity contribution < 1.29 is 9.90 Å². The van der Waals surface area contributed by atoms with E-state index in [0.717, 1.165) is 10.1 Å². The van der Waals surface area contributed by atoms with Gasteiger partial charge in [0.25, 0.3) is 5.91 Å². The first-order valence-electron chi connectivity index (χ1n) is 7.05. The van der Waals surface area contributed by atoms with Crippen LogP contribution in [0.3, 0.4) is 0 Å². The summed E-state index contributed by atoms with van der Waals surface area (Å²) in [7, 11) is 2.12. The van der Waals surface area contributed by atoms with Crippen molar-refractivity contribution in [3.8, 4) is 5.75 Å². The second-order valence-corrected chi connectivity index (χ2v) is 6.50. The van der Waals surface area contributed by atoms with Gasteiger partial charge >= 0.3 is 0 Å². The number of hydrogen-bond acceptors (Lipinski definition) is 3. The summed E-state index contributed by atoms with van der Waals surface area (Å²) >= 11 is 2.03. The second-order valence-electron chi connectivity index (χ2n) is 5.34. The van der Waals surface area contributed by atoms with Crippen LogP contribution in [0.25, 0.3) is 0 Å². The summed E-state index contributed by atoms with van der Waals surface area (Å²) in [4.78, 5) is 14.3. The van der Waals surface area contributed by atoms with E-state index in [1.807, 2.05) is 22.6 Å². The van der Waals surface area contributed by atoms with Gasteiger partial charge in [0.05, 0.1) is 3.57 Å². The number of carbonyl (C=O) groups excluding carboxylic acids is 1. The van der Waals surface area contributed by atoms with Crippen LogP contribution in [-0.2, 0) is 0 Å². The first-order valence-corrected chi connectivity index (χ1v) is 8.13. The van der Waals surface area contributed by atoms with E-state index in [2.05, 4.69) is 17.3 Å². The van der Waals surface area contributed by atoms with E-state index >= 15 is 0 Å². The van der Waals surface area contributed by atoms with Gasteiger partial charge in [-0.2, -0.15) is 0 Å². The topological polar surface area (TPSA) is 52.6 Å². The smallest absolute Gasteiger partial charge is 0.251 e. The minimum atomic E-state index is -0.128. The van der Waals surface area contributed by atoms with Crippen LogP contribution in [0.2, 0.25) is 0 Å². The number of likely N-dealkylation sites (N-methyl/N-ethyl adjacent to an activating group) is 1. The van der Waals surface area contributed by atoms with Crippen molar-refractivity contribution in [3.05, 3.63) is 27.3 Å². The molecule has 1 aliphatic carbocycles. The van der Waals surface area contributed by atoms with Gasteiger partial charge in [0.15, 0.2) is 0 Å². The van der Waals surface area contributed by atoms with Gasteiger partial charge in [0, 0.05) is 24.7 Å². The predicted molar refractivity (Wildman–Crippen MR) is 88.0 cm³/mol. The fraction of sp³-hybridized carbons (Fsp3) is 0.533. The monoisotopic (exact) mass is 388 g/mol. The molecular formula is C15H21IN2O2. The fourth-order valence-corrected chi connectivity index (χ4v) is 2.96. The highest BCUT2D eigenvalue weighted by Gasteiger charge is 2.19. The van der Waals surface area contributed by atoms with Crippen LogP contribution in [0.1, 0.15) is 36.0 Å². The Kier molecular flexibility index (Phi) is 5.65. The molecule has 2 rings (SSSR count). The summed E-state index contributed by atoms with van der Waals surface area (Å²) in [6.45, 7) is 1.51. The summed E-state index contributed by atoms with van der Waals surface area (Å²) < 4.78 is 0.750. The number of benzene rings is 1. The lowest BCUT2D eigenvalue weighted by atomic mass is 10.2. The highest BCUT2D eigenvalue weighted by atomic mass is 127. The first kappa shape index (κ1) is 15.6. The molecule has 0 atom stereocenters. The molecule has 0 saturated heterocycles. The molecule has 0 aromatic heterocycles. The van der Waals surface area contributed by atoms with Crippen LogP contribution in [0.4, 0.5) is 0 Å². The van der Waals surface area contributed by atoms with E-state index in [1.54, 1.807) is 12.1 Å². The third kappa shape index (κ3) is 4.09. The lowest BCUT2D eigenvalue weighted by Gasteiger charge is -2.23. The van der Waals surface area contributed by atoms with E-state index in [9.17, 15) is 9.90 Å². The standard InChI is InChI=1S/C15H21IN2O2/c1-18(12-4-2-3-5-12)9-8-17-15(20)11-6-7-13(16)14(19)10-11/h6-7,10,12,19H,2-5,8-9H2,1H3,(H,17,20). The Hall–Kier alpha value is -0.820. The lowest BCUT2D eigenvalue weighted by Crippen LogP contribution is -2.37. The van der Waals surface area contributed by atoms with E-state index in [-0.39, 0.29) is 11.7 Å². The molecule has 1 fully saturated rings. The van der Waals surface area contributed by atoms with E-state index < -0.39 is 0 Å². The number of halogens is 1. The normalized spacial score (nSPS) is 15.8. The molecule has 1 aromatic carbocycles. The number of nitrogens with one attached hydrogen (secondary N) is 1. The Bertz CT molecular complexity index is 473. The van der Waals surface area contributed by atoms with Crippen molar-refractivity contribution in [3.63, 3.8) is 0 Å². The number of phenolic OH excluding ortho intramolecular Hbond substituents is 1. The van der Waals surface area contributed by atoms with Crippen molar-refractivity contribution in [1.29, 1.82) is 0 Å². The average molecular weight is 388 g/mol. The third-order valence-corrected chi connectivity index (χ3v) is 4.82. The Balaban J connectivity index is 1.78. The molecule has 0 bridgehead atoms. The van der Waals surface area contributed by atoms with Crippen molar-refractivity contribution in [2.45, 2.75) is 31.7 Å². The molecule has 5 heteroatoms. The second kappa shape index (κ2) is 7.26. The summed E-state index contributed by atoms with van der Waals surface area (Å²) in [5, 5.41) is 12.5. The molecule has 0 aliphatic heterocycles. The molecule has 0 radical (unpaired) electrons. The molecule has 1 amide bonds. The van der Waals surface area contributed by atoms with Gasteiger partial charge in [0.2, 0.25) is 0 Å². The number of rotatable bonds is 5. The highest BCUT2D eigenvalue weighted by molar-refractivity contribution is 14.1. The van der Waals surface area contributed by atoms with Gasteiger partial charge in [-0.3, -0.25) is 4.79 Å². The maximum atomic E-state index is 12.0. The van der Waals surface area contributed by atoms with Gasteiger partial charge in [-0.1, -0.05) is 12.8 Å². The molecule has 110 valence electrons. The number of carbonyl (C=O) groups is 1. The largest absolute Gasteiger partial charge is 0.507 e. The van der Waals surface area contributed by atoms with Crippen LogP contribution in [0.5, 0.6) is 5.75 Å². The van der Waals surface area contributed by atoms with Crippen molar-refractivity contribution in [2.75, 3.05) is 20.1 Å². The first-order chi connectivity index (χ1) is 9.58. The minimum Gasteiger partial charge on any atom is -0.507 e. The highest BCUT2D eigenvalue weighted by Crippen LogP contribution is 2.22. The van der Waals surface area contributed by atoms with Gasteiger partial charge < -0.3 is 15.3 Å². The van der Waals surface area contributed by atoms with E-state index in [4.69, 9.17) is 0 Å². The van der Waals surface area contributed by atoms with Crippen molar-refractivity contribution in [2.24, 2.45) is 0 Å². The Labute approximate surface area is 133 Å². The molecule has 1 aliphatic rings. The molecule has 0 heterocycles. The van der Waals surface area contributed by atoms with Gasteiger partial charge in [-0.05, 0) is 60.7 Å². The zero-order valence-electron chi connectivity index (χ0n) is 11.7. The van der Waals surface area contributed by atoms with E-state index in [1.165, 1.54) is 31.7 Å². The van der Waals surface area contributed by atoms with Crippen LogP contribution in [-0.4, -0.2) is 42.1 Å². The molecule has 4 nitrogen and oxygen atoms in total. The van der Waals surface area contributed by atoms with Crippen LogP contribution < -0.4 is 5.32 Å². The molecule has 1 saturated carbocycles. The van der Waals surface area contributed by atoms with Crippen LogP contribution in [0.15, 0.2) is 18.2 Å². The molecule has 0 spiro atoms. The molecule has 1 aromatic rings. The fourth-order valence-electron chi connectivity index (χ4n) is 2.63. The Morgan fingerprint density at radius 2 is 2.15 bits per heavy atom. The number of hydrogen-bond donors (Lipinski definition) is 2. The maximum absolute atomic E-state index is 12.0. The SMILES string of the molecule is CN(CCNC(=O)c1ccc(I)c(O)c1)C1CCCC1. The Morgan fingerprint density at radius 1 is 1.45 bits per heavy atom. The lowest BCUT2D eigenvalue weighted by molar-refractivity contribution is 0.0946. The number of amides is 1. The van der Waals surface area contributed by atoms with Crippen LogP contribution in [0, 0.1) is 3.57 Å². The summed E-state index contributed by atoms with van der Waals surface area (Å²) in [6.07, 6.45) is 5.19. The number of phenols is 1. The minimum absolute atomic E-state index is 0.128. The Morgan fingerprint density at radius 3 is 2.80 bits per heavy atom. The third-order valence-electron chi connectivity index (χ3n) is 3.91. The van der Waals surface area contributed by atoms with Gasteiger partial charge in [-0.15, -0.1) is 0 Å². The van der Waals surface area contributed by atoms with Crippen molar-refractivity contribution in [1.82, 2.24) is 10.2 Å². The summed E-state index contributed by atoms with van der Waals surface area (Å²) in [5.41, 5.74) is 0.506. The van der Waals surface area contributed by atoms with E-state index in [0.29, 0.717) is 18.2 Å². The summed E-state index contributed by atoms with van der Waals surface area (Å²) in [5.74, 6) is 0.0258. The van der Waals surface area contributed by atoms with Gasteiger partial charge in [0.1, 0.15) is 5.75 Å².